The molecule has 0 aliphatic carbocycles. The zero-order valence-corrected chi connectivity index (χ0v) is 16.6. The molecule has 0 heterocycles. The molecule has 0 fully saturated rings. The first-order chi connectivity index (χ1) is 12.1. The SMILES string of the molecule is CC(C)(C)c1ccc(S(=O)(=O)NCCNC(=O)c2cccc(Cl)c2)cc1. The fourth-order valence-electron chi connectivity index (χ4n) is 2.31. The van der Waals surface area contributed by atoms with E-state index < -0.39 is 10.0 Å². The van der Waals surface area contributed by atoms with Crippen LogP contribution in [0.4, 0.5) is 0 Å². The predicted molar refractivity (Wildman–Crippen MR) is 104 cm³/mol. The highest BCUT2D eigenvalue weighted by atomic mass is 35.5. The Labute approximate surface area is 159 Å². The maximum Gasteiger partial charge on any atom is 0.251 e. The van der Waals surface area contributed by atoms with Gasteiger partial charge in [0.1, 0.15) is 0 Å². The zero-order valence-electron chi connectivity index (χ0n) is 15.0. The number of sulfonamides is 1. The minimum Gasteiger partial charge on any atom is -0.351 e. The van der Waals surface area contributed by atoms with Crippen LogP contribution in [-0.2, 0) is 15.4 Å². The first-order valence-electron chi connectivity index (χ1n) is 8.23. The van der Waals surface area contributed by atoms with Crippen molar-refractivity contribution in [3.8, 4) is 0 Å². The van der Waals surface area contributed by atoms with Gasteiger partial charge in [-0.25, -0.2) is 13.1 Å². The third-order valence-corrected chi connectivity index (χ3v) is 5.53. The number of halogens is 1. The lowest BCUT2D eigenvalue weighted by Crippen LogP contribution is -2.34. The molecule has 7 heteroatoms. The maximum absolute atomic E-state index is 12.3. The van der Waals surface area contributed by atoms with E-state index in [2.05, 4.69) is 30.8 Å². The fourth-order valence-corrected chi connectivity index (χ4v) is 3.53. The summed E-state index contributed by atoms with van der Waals surface area (Å²) in [5, 5.41) is 3.12. The van der Waals surface area contributed by atoms with E-state index in [9.17, 15) is 13.2 Å². The lowest BCUT2D eigenvalue weighted by atomic mass is 9.87. The number of hydrogen-bond donors (Lipinski definition) is 2. The summed E-state index contributed by atoms with van der Waals surface area (Å²) in [5.41, 5.74) is 1.45. The highest BCUT2D eigenvalue weighted by molar-refractivity contribution is 7.89. The monoisotopic (exact) mass is 394 g/mol. The van der Waals surface area contributed by atoms with E-state index in [0.717, 1.165) is 5.56 Å². The Bertz CT molecular complexity index is 872. The van der Waals surface area contributed by atoms with Crippen molar-refractivity contribution in [1.29, 1.82) is 0 Å². The molecule has 2 rings (SSSR count). The largest absolute Gasteiger partial charge is 0.351 e. The number of hydrogen-bond acceptors (Lipinski definition) is 3. The minimum absolute atomic E-state index is 0.0413. The molecule has 26 heavy (non-hydrogen) atoms. The van der Waals surface area contributed by atoms with Gasteiger partial charge in [-0.1, -0.05) is 50.6 Å². The van der Waals surface area contributed by atoms with Crippen LogP contribution >= 0.6 is 11.6 Å². The zero-order chi connectivity index (χ0) is 19.4. The van der Waals surface area contributed by atoms with Gasteiger partial charge in [-0.2, -0.15) is 0 Å². The molecule has 0 saturated heterocycles. The second-order valence-corrected chi connectivity index (χ2v) is 9.14. The van der Waals surface area contributed by atoms with Gasteiger partial charge in [-0.15, -0.1) is 0 Å². The van der Waals surface area contributed by atoms with Gasteiger partial charge in [0.05, 0.1) is 4.90 Å². The van der Waals surface area contributed by atoms with Gasteiger partial charge in [-0.05, 0) is 41.3 Å². The van der Waals surface area contributed by atoms with Gasteiger partial charge in [0.25, 0.3) is 5.91 Å². The van der Waals surface area contributed by atoms with Crippen LogP contribution < -0.4 is 10.0 Å². The van der Waals surface area contributed by atoms with Gasteiger partial charge >= 0.3 is 0 Å². The Morgan fingerprint density at radius 1 is 1.04 bits per heavy atom. The smallest absolute Gasteiger partial charge is 0.251 e. The van der Waals surface area contributed by atoms with Gasteiger partial charge in [0.2, 0.25) is 10.0 Å². The van der Waals surface area contributed by atoms with Gasteiger partial charge < -0.3 is 5.32 Å². The van der Waals surface area contributed by atoms with Crippen molar-refractivity contribution in [2.75, 3.05) is 13.1 Å². The van der Waals surface area contributed by atoms with Crippen LogP contribution in [0.15, 0.2) is 53.4 Å². The van der Waals surface area contributed by atoms with E-state index in [1.807, 2.05) is 12.1 Å². The average molecular weight is 395 g/mol. The third kappa shape index (κ3) is 5.56. The third-order valence-electron chi connectivity index (χ3n) is 3.82. The molecule has 0 bridgehead atoms. The molecular weight excluding hydrogens is 372 g/mol. The van der Waals surface area contributed by atoms with E-state index in [0.29, 0.717) is 10.6 Å². The highest BCUT2D eigenvalue weighted by Gasteiger charge is 2.17. The van der Waals surface area contributed by atoms with E-state index in [1.54, 1.807) is 36.4 Å². The summed E-state index contributed by atoms with van der Waals surface area (Å²) in [4.78, 5) is 12.2. The average Bonchev–Trinajstić information content (AvgIpc) is 2.58. The molecule has 0 aliphatic heterocycles. The van der Waals surface area contributed by atoms with Crippen LogP contribution in [0.25, 0.3) is 0 Å². The molecule has 0 atom stereocenters. The summed E-state index contributed by atoms with van der Waals surface area (Å²) in [6.45, 7) is 6.46. The lowest BCUT2D eigenvalue weighted by Gasteiger charge is -2.19. The number of nitrogens with one attached hydrogen (secondary N) is 2. The highest BCUT2D eigenvalue weighted by Crippen LogP contribution is 2.23. The molecule has 0 aromatic heterocycles. The molecule has 0 unspecified atom stereocenters. The number of carbonyl (C=O) groups excluding carboxylic acids is 1. The molecule has 2 N–H and O–H groups in total. The van der Waals surface area contributed by atoms with Gasteiger partial charge in [0.15, 0.2) is 0 Å². The maximum atomic E-state index is 12.3. The first kappa shape index (κ1) is 20.4. The topological polar surface area (TPSA) is 75.3 Å². The van der Waals surface area contributed by atoms with Crippen LogP contribution in [0.2, 0.25) is 5.02 Å². The molecule has 0 spiro atoms. The van der Waals surface area contributed by atoms with Crippen molar-refractivity contribution in [3.05, 3.63) is 64.7 Å². The van der Waals surface area contributed by atoms with Gasteiger partial charge in [0, 0.05) is 23.7 Å². The van der Waals surface area contributed by atoms with Gasteiger partial charge in [-0.3, -0.25) is 4.79 Å². The number of rotatable bonds is 6. The normalized spacial score (nSPS) is 12.0. The van der Waals surface area contributed by atoms with E-state index in [4.69, 9.17) is 11.6 Å². The Morgan fingerprint density at radius 2 is 1.69 bits per heavy atom. The molecule has 0 aliphatic rings. The molecular formula is C19H23ClN2O3S. The fraction of sp³-hybridized carbons (Fsp3) is 0.316. The lowest BCUT2D eigenvalue weighted by molar-refractivity contribution is 0.0954. The first-order valence-corrected chi connectivity index (χ1v) is 10.1. The summed E-state index contributed by atoms with van der Waals surface area (Å²) in [6, 6.07) is 13.4. The van der Waals surface area contributed by atoms with Crippen molar-refractivity contribution in [3.63, 3.8) is 0 Å². The molecule has 1 amide bonds. The molecule has 0 saturated carbocycles. The molecule has 140 valence electrons. The standard InChI is InChI=1S/C19H23ClN2O3S/c1-19(2,3)15-7-9-17(10-8-15)26(24,25)22-12-11-21-18(23)14-5-4-6-16(20)13-14/h4-10,13,22H,11-12H2,1-3H3,(H,21,23). The summed E-state index contributed by atoms with van der Waals surface area (Å²) in [6.07, 6.45) is 0. The van der Waals surface area contributed by atoms with E-state index >= 15 is 0 Å². The molecule has 5 nitrogen and oxygen atoms in total. The second kappa shape index (κ2) is 8.20. The Hall–Kier alpha value is -1.89. The summed E-state index contributed by atoms with van der Waals surface area (Å²) >= 11 is 5.85. The number of benzene rings is 2. The van der Waals surface area contributed by atoms with Crippen LogP contribution in [0.1, 0.15) is 36.7 Å². The Balaban J connectivity index is 1.89. The van der Waals surface area contributed by atoms with Crippen molar-refractivity contribution < 1.29 is 13.2 Å². The minimum atomic E-state index is -3.61. The second-order valence-electron chi connectivity index (χ2n) is 6.94. The van der Waals surface area contributed by atoms with Crippen molar-refractivity contribution in [1.82, 2.24) is 10.0 Å². The molecule has 2 aromatic rings. The van der Waals surface area contributed by atoms with Crippen molar-refractivity contribution in [2.24, 2.45) is 0 Å². The predicted octanol–water partition coefficient (Wildman–Crippen LogP) is 3.35. The van der Waals surface area contributed by atoms with Crippen LogP contribution in [0.5, 0.6) is 0 Å². The molecule has 2 aromatic carbocycles. The Morgan fingerprint density at radius 3 is 2.27 bits per heavy atom. The Kier molecular flexibility index (Phi) is 6.44. The summed E-state index contributed by atoms with van der Waals surface area (Å²) in [5.74, 6) is -0.304. The van der Waals surface area contributed by atoms with Crippen LogP contribution in [-0.4, -0.2) is 27.4 Å². The summed E-state index contributed by atoms with van der Waals surface area (Å²) in [7, 11) is -3.61. The van der Waals surface area contributed by atoms with E-state index in [1.165, 1.54) is 0 Å². The number of amides is 1. The molecule has 0 radical (unpaired) electrons. The van der Waals surface area contributed by atoms with E-state index in [-0.39, 0.29) is 29.3 Å². The van der Waals surface area contributed by atoms with Crippen molar-refractivity contribution in [2.45, 2.75) is 31.1 Å². The number of carbonyl (C=O) groups is 1. The quantitative estimate of drug-likeness (QED) is 0.738. The van der Waals surface area contributed by atoms with Crippen LogP contribution in [0, 0.1) is 0 Å². The summed E-state index contributed by atoms with van der Waals surface area (Å²) < 4.78 is 27.1. The van der Waals surface area contributed by atoms with Crippen LogP contribution in [0.3, 0.4) is 0 Å². The van der Waals surface area contributed by atoms with Crippen molar-refractivity contribution >= 4 is 27.5 Å².